The van der Waals surface area contributed by atoms with Crippen molar-refractivity contribution in [3.05, 3.63) is 24.6 Å². The number of aromatic nitrogens is 4. The Kier molecular flexibility index (Phi) is 3.73. The van der Waals surface area contributed by atoms with E-state index in [1.54, 1.807) is 12.1 Å². The van der Waals surface area contributed by atoms with Gasteiger partial charge in [-0.2, -0.15) is 10.1 Å². The van der Waals surface area contributed by atoms with E-state index in [-0.39, 0.29) is 5.95 Å². The van der Waals surface area contributed by atoms with Gasteiger partial charge in [0.15, 0.2) is 11.4 Å². The van der Waals surface area contributed by atoms with E-state index < -0.39 is 6.09 Å². The molecule has 0 aliphatic carbocycles. The number of carbonyl (C=O) groups is 1. The zero-order valence-electron chi connectivity index (χ0n) is 12.0. The first-order valence-electron chi connectivity index (χ1n) is 6.93. The minimum absolute atomic E-state index is 0.0296. The second-order valence-corrected chi connectivity index (χ2v) is 4.67. The number of ether oxygens (including phenoxy) is 1. The number of rotatable bonds is 4. The van der Waals surface area contributed by atoms with Crippen LogP contribution in [0.3, 0.4) is 0 Å². The Morgan fingerprint density at radius 2 is 2.32 bits per heavy atom. The van der Waals surface area contributed by atoms with E-state index in [1.165, 1.54) is 12.5 Å². The van der Waals surface area contributed by atoms with E-state index in [0.29, 0.717) is 29.1 Å². The van der Waals surface area contributed by atoms with Crippen LogP contribution in [0.5, 0.6) is 0 Å². The summed E-state index contributed by atoms with van der Waals surface area (Å²) in [5, 5.41) is 4.59. The lowest BCUT2D eigenvalue weighted by atomic mass is 10.2. The molecule has 0 spiro atoms. The molecule has 3 rings (SSSR count). The number of nitrogen functional groups attached to an aromatic ring is 1. The molecule has 0 saturated carbocycles. The van der Waals surface area contributed by atoms with E-state index in [2.05, 4.69) is 15.1 Å². The third kappa shape index (κ3) is 2.50. The third-order valence-corrected chi connectivity index (χ3v) is 3.10. The van der Waals surface area contributed by atoms with Crippen molar-refractivity contribution in [2.45, 2.75) is 19.8 Å². The summed E-state index contributed by atoms with van der Waals surface area (Å²) in [7, 11) is 0. The Hall–Kier alpha value is -2.90. The van der Waals surface area contributed by atoms with Gasteiger partial charge >= 0.3 is 6.09 Å². The molecule has 2 N–H and O–H groups in total. The molecule has 8 nitrogen and oxygen atoms in total. The minimum atomic E-state index is -0.591. The predicted molar refractivity (Wildman–Crippen MR) is 79.1 cm³/mol. The molecular formula is C14H15N5O3. The summed E-state index contributed by atoms with van der Waals surface area (Å²) in [4.78, 5) is 20.3. The van der Waals surface area contributed by atoms with Gasteiger partial charge in [-0.3, -0.25) is 0 Å². The molecule has 0 aromatic carbocycles. The van der Waals surface area contributed by atoms with Gasteiger partial charge in [0.2, 0.25) is 5.95 Å². The first-order chi connectivity index (χ1) is 10.7. The van der Waals surface area contributed by atoms with Crippen molar-refractivity contribution in [1.29, 1.82) is 0 Å². The fraction of sp³-hybridized carbons (Fsp3) is 0.286. The summed E-state index contributed by atoms with van der Waals surface area (Å²) in [6.45, 7) is 2.35. The maximum atomic E-state index is 12.1. The van der Waals surface area contributed by atoms with Gasteiger partial charge in [0.1, 0.15) is 5.69 Å². The Morgan fingerprint density at radius 3 is 3.05 bits per heavy atom. The monoisotopic (exact) mass is 301 g/mol. The van der Waals surface area contributed by atoms with Crippen LogP contribution in [0.2, 0.25) is 0 Å². The first-order valence-corrected chi connectivity index (χ1v) is 6.93. The zero-order valence-corrected chi connectivity index (χ0v) is 12.0. The highest BCUT2D eigenvalue weighted by molar-refractivity contribution is 5.93. The molecule has 114 valence electrons. The van der Waals surface area contributed by atoms with E-state index in [0.717, 1.165) is 17.5 Å². The zero-order chi connectivity index (χ0) is 15.5. The number of furan rings is 1. The number of nitrogens with two attached hydrogens (primary N) is 1. The summed E-state index contributed by atoms with van der Waals surface area (Å²) >= 11 is 0. The second kappa shape index (κ2) is 5.84. The lowest BCUT2D eigenvalue weighted by Crippen LogP contribution is -2.16. The third-order valence-electron chi connectivity index (χ3n) is 3.10. The van der Waals surface area contributed by atoms with Crippen LogP contribution in [0, 0.1) is 0 Å². The summed E-state index contributed by atoms with van der Waals surface area (Å²) in [5.41, 5.74) is 6.50. The van der Waals surface area contributed by atoms with Crippen LogP contribution in [0.15, 0.2) is 29.0 Å². The van der Waals surface area contributed by atoms with Gasteiger partial charge < -0.3 is 14.9 Å². The van der Waals surface area contributed by atoms with Crippen molar-refractivity contribution in [2.75, 3.05) is 12.3 Å². The number of hydrogen-bond acceptors (Lipinski definition) is 7. The van der Waals surface area contributed by atoms with Crippen molar-refractivity contribution in [1.82, 2.24) is 19.7 Å². The topological polar surface area (TPSA) is 109 Å². The highest BCUT2D eigenvalue weighted by Crippen LogP contribution is 2.26. The molecule has 0 bridgehead atoms. The van der Waals surface area contributed by atoms with Crippen molar-refractivity contribution in [2.24, 2.45) is 0 Å². The molecule has 8 heteroatoms. The van der Waals surface area contributed by atoms with E-state index in [1.807, 2.05) is 6.92 Å². The fourth-order valence-electron chi connectivity index (χ4n) is 2.02. The molecule has 3 aromatic heterocycles. The van der Waals surface area contributed by atoms with Gasteiger partial charge in [0.05, 0.1) is 24.5 Å². The molecule has 3 heterocycles. The second-order valence-electron chi connectivity index (χ2n) is 4.67. The Labute approximate surface area is 125 Å². The summed E-state index contributed by atoms with van der Waals surface area (Å²) < 4.78 is 11.6. The Balaban J connectivity index is 2.02. The smallest absolute Gasteiger partial charge is 0.436 e. The lowest BCUT2D eigenvalue weighted by molar-refractivity contribution is 0.144. The quantitative estimate of drug-likeness (QED) is 0.737. The molecule has 0 aliphatic rings. The van der Waals surface area contributed by atoms with Gasteiger partial charge in [0, 0.05) is 0 Å². The Bertz CT molecular complexity index is 794. The van der Waals surface area contributed by atoms with Crippen LogP contribution < -0.4 is 5.73 Å². The maximum Gasteiger partial charge on any atom is 0.436 e. The number of hydrogen-bond donors (Lipinski definition) is 1. The number of fused-ring (bicyclic) bond motifs is 1. The predicted octanol–water partition coefficient (Wildman–Crippen LogP) is 2.45. The van der Waals surface area contributed by atoms with Gasteiger partial charge in [-0.15, -0.1) is 4.68 Å². The van der Waals surface area contributed by atoms with Crippen molar-refractivity contribution < 1.29 is 13.9 Å². The largest absolute Gasteiger partial charge is 0.463 e. The molecule has 0 radical (unpaired) electrons. The van der Waals surface area contributed by atoms with Crippen molar-refractivity contribution in [3.63, 3.8) is 0 Å². The van der Waals surface area contributed by atoms with Gasteiger partial charge in [0.25, 0.3) is 0 Å². The highest BCUT2D eigenvalue weighted by Gasteiger charge is 2.19. The molecule has 0 amide bonds. The van der Waals surface area contributed by atoms with Crippen LogP contribution >= 0.6 is 0 Å². The number of unbranched alkanes of at least 4 members (excludes halogenated alkanes) is 1. The normalized spacial score (nSPS) is 11.0. The fourth-order valence-corrected chi connectivity index (χ4v) is 2.02. The molecule has 22 heavy (non-hydrogen) atoms. The van der Waals surface area contributed by atoms with E-state index in [9.17, 15) is 4.79 Å². The molecular weight excluding hydrogens is 286 g/mol. The van der Waals surface area contributed by atoms with Crippen LogP contribution in [-0.4, -0.2) is 32.4 Å². The van der Waals surface area contributed by atoms with E-state index in [4.69, 9.17) is 14.9 Å². The van der Waals surface area contributed by atoms with Crippen LogP contribution in [0.1, 0.15) is 19.8 Å². The van der Waals surface area contributed by atoms with E-state index >= 15 is 0 Å². The summed E-state index contributed by atoms with van der Waals surface area (Å²) in [6, 6.07) is 3.49. The number of carbonyl (C=O) groups excluding carboxylic acids is 1. The van der Waals surface area contributed by atoms with Crippen LogP contribution in [0.25, 0.3) is 22.5 Å². The molecule has 0 atom stereocenters. The Morgan fingerprint density at radius 1 is 1.45 bits per heavy atom. The standard InChI is InChI=1S/C14H15N5O3/c1-2-3-6-22-14(20)19-12-9(8-16-19)11(17-13(15)18-12)10-5-4-7-21-10/h4-5,7-8H,2-3,6H2,1H3,(H2,15,17,18). The minimum Gasteiger partial charge on any atom is -0.463 e. The SMILES string of the molecule is CCCCOC(=O)n1ncc2c(-c3ccco3)nc(N)nc21. The van der Waals surface area contributed by atoms with Crippen LogP contribution in [-0.2, 0) is 4.74 Å². The highest BCUT2D eigenvalue weighted by atomic mass is 16.6. The molecule has 0 aliphatic heterocycles. The molecule has 0 unspecified atom stereocenters. The average molecular weight is 301 g/mol. The van der Waals surface area contributed by atoms with Gasteiger partial charge in [-0.1, -0.05) is 13.3 Å². The van der Waals surface area contributed by atoms with Crippen molar-refractivity contribution in [3.8, 4) is 11.5 Å². The number of anilines is 1. The first kappa shape index (κ1) is 14.1. The summed E-state index contributed by atoms with van der Waals surface area (Å²) in [5.74, 6) is 0.556. The molecule has 0 saturated heterocycles. The number of nitrogens with zero attached hydrogens (tertiary/aromatic N) is 4. The van der Waals surface area contributed by atoms with Crippen LogP contribution in [0.4, 0.5) is 10.7 Å². The molecule has 0 fully saturated rings. The summed E-state index contributed by atoms with van der Waals surface area (Å²) in [6.07, 6.45) is 4.16. The lowest BCUT2D eigenvalue weighted by Gasteiger charge is -2.05. The maximum absolute atomic E-state index is 12.1. The van der Waals surface area contributed by atoms with Gasteiger partial charge in [-0.25, -0.2) is 9.78 Å². The average Bonchev–Trinajstić information content (AvgIpc) is 3.16. The van der Waals surface area contributed by atoms with Gasteiger partial charge in [-0.05, 0) is 18.6 Å². The molecule has 3 aromatic rings. The van der Waals surface area contributed by atoms with Crippen molar-refractivity contribution >= 4 is 23.1 Å².